The molecule has 0 spiro atoms. The van der Waals surface area contributed by atoms with Crippen molar-refractivity contribution < 1.29 is 42.5 Å². The van der Waals surface area contributed by atoms with Gasteiger partial charge in [0.2, 0.25) is 5.91 Å². The Balaban J connectivity index is 0.00000112. The minimum Gasteiger partial charge on any atom is -0.481 e. The number of amides is 1. The molecule has 3 aromatic carbocycles. The zero-order valence-electron chi connectivity index (χ0n) is 19.6. The van der Waals surface area contributed by atoms with Gasteiger partial charge in [-0.25, -0.2) is 18.4 Å². The lowest BCUT2D eigenvalue weighted by Crippen LogP contribution is -2.11. The number of nitrogens with two attached hydrogens (primary N) is 1. The molecule has 1 amide bonds. The van der Waals surface area contributed by atoms with Crippen molar-refractivity contribution in [1.82, 2.24) is 0 Å². The number of hydrogen-bond acceptors (Lipinski definition) is 7. The predicted octanol–water partition coefficient (Wildman–Crippen LogP) is 5.19. The Morgan fingerprint density at radius 3 is 2.27 bits per heavy atom. The number of halogens is 2. The van der Waals surface area contributed by atoms with Crippen molar-refractivity contribution in [2.45, 2.75) is 20.0 Å². The second kappa shape index (κ2) is 14.3. The normalized spacial score (nSPS) is 10.0. The molecule has 11 heteroatoms. The van der Waals surface area contributed by atoms with Crippen LogP contribution in [0, 0.1) is 11.6 Å². The summed E-state index contributed by atoms with van der Waals surface area (Å²) >= 11 is 0.639. The van der Waals surface area contributed by atoms with E-state index < -0.39 is 28.9 Å². The first-order valence-corrected chi connectivity index (χ1v) is 11.7. The molecule has 0 unspecified atom stereocenters. The van der Waals surface area contributed by atoms with Gasteiger partial charge in [0.1, 0.15) is 29.6 Å². The number of ether oxygens (including phenoxy) is 2. The van der Waals surface area contributed by atoms with Crippen LogP contribution < -0.4 is 10.5 Å². The Labute approximate surface area is 215 Å². The lowest BCUT2D eigenvalue weighted by Gasteiger charge is -2.12. The monoisotopic (exact) mass is 531 g/mol. The number of esters is 1. The van der Waals surface area contributed by atoms with E-state index in [0.717, 1.165) is 17.7 Å². The Kier molecular flexibility index (Phi) is 11.2. The van der Waals surface area contributed by atoms with E-state index in [1.165, 1.54) is 31.2 Å². The molecule has 37 heavy (non-hydrogen) atoms. The van der Waals surface area contributed by atoms with E-state index in [-0.39, 0.29) is 47.1 Å². The van der Waals surface area contributed by atoms with E-state index in [2.05, 4.69) is 5.73 Å². The lowest BCUT2D eigenvalue weighted by atomic mass is 10.0. The first-order chi connectivity index (χ1) is 17.6. The van der Waals surface area contributed by atoms with Crippen LogP contribution in [0.15, 0.2) is 66.7 Å². The molecule has 194 valence electrons. The molecule has 0 aliphatic heterocycles. The molecule has 8 nitrogen and oxygen atoms in total. The number of thioether (sulfide) groups is 1. The third-order valence-corrected chi connectivity index (χ3v) is 5.11. The van der Waals surface area contributed by atoms with E-state index in [1.807, 2.05) is 6.07 Å². The molecule has 0 fully saturated rings. The maximum atomic E-state index is 14.3. The molecule has 0 atom stereocenters. The molecule has 0 saturated carbocycles. The van der Waals surface area contributed by atoms with Gasteiger partial charge in [0.05, 0.1) is 6.42 Å². The molecule has 0 radical (unpaired) electrons. The van der Waals surface area contributed by atoms with Crippen LogP contribution in [0.2, 0.25) is 0 Å². The fourth-order valence-corrected chi connectivity index (χ4v) is 3.40. The number of carboxylic acids is 1. The molecule has 3 aromatic rings. The minimum absolute atomic E-state index is 0.0131. The van der Waals surface area contributed by atoms with Gasteiger partial charge in [0, 0.05) is 24.3 Å². The van der Waals surface area contributed by atoms with Crippen LogP contribution >= 0.6 is 11.8 Å². The van der Waals surface area contributed by atoms with Gasteiger partial charge in [-0.05, 0) is 47.2 Å². The first-order valence-electron chi connectivity index (χ1n) is 10.7. The smallest absolute Gasteiger partial charge is 0.372 e. The summed E-state index contributed by atoms with van der Waals surface area (Å²) in [5.41, 5.74) is 5.36. The zero-order valence-corrected chi connectivity index (χ0v) is 20.4. The van der Waals surface area contributed by atoms with Crippen LogP contribution in [0.4, 0.5) is 13.6 Å². The highest BCUT2D eigenvalue weighted by Gasteiger charge is 2.20. The van der Waals surface area contributed by atoms with Crippen molar-refractivity contribution in [1.29, 1.82) is 0 Å². The largest absolute Gasteiger partial charge is 0.481 e. The topological polar surface area (TPSA) is 133 Å². The Bertz CT molecular complexity index is 1270. The number of aliphatic carboxylic acids is 1. The maximum absolute atomic E-state index is 14.3. The van der Waals surface area contributed by atoms with E-state index in [9.17, 15) is 28.0 Å². The summed E-state index contributed by atoms with van der Waals surface area (Å²) < 4.78 is 38.1. The molecule has 3 rings (SSSR count). The number of hydrogen-bond donors (Lipinski definition) is 2. The van der Waals surface area contributed by atoms with Crippen molar-refractivity contribution in [3.05, 3.63) is 89.5 Å². The van der Waals surface area contributed by atoms with Crippen LogP contribution in [-0.4, -0.2) is 34.0 Å². The summed E-state index contributed by atoms with van der Waals surface area (Å²) in [6, 6.07) is 15.9. The number of carbonyl (C=O) groups is 4. The van der Waals surface area contributed by atoms with Crippen LogP contribution in [0.25, 0.3) is 11.1 Å². The van der Waals surface area contributed by atoms with Crippen molar-refractivity contribution in [2.75, 3.05) is 5.75 Å². The van der Waals surface area contributed by atoms with E-state index >= 15 is 0 Å². The van der Waals surface area contributed by atoms with Crippen LogP contribution in [0.3, 0.4) is 0 Å². The van der Waals surface area contributed by atoms with E-state index in [0.29, 0.717) is 11.8 Å². The summed E-state index contributed by atoms with van der Waals surface area (Å²) in [5, 5.41) is 7.87. The average molecular weight is 532 g/mol. The number of carbonyl (C=O) groups excluding carboxylic acids is 3. The second-order valence-corrected chi connectivity index (χ2v) is 8.38. The molecule has 0 aliphatic carbocycles. The molecule has 0 saturated heterocycles. The number of rotatable bonds is 8. The summed E-state index contributed by atoms with van der Waals surface area (Å²) in [5.74, 6) is -3.93. The Hall–Kier alpha value is -4.25. The highest BCUT2D eigenvalue weighted by Crippen LogP contribution is 2.30. The maximum Gasteiger partial charge on any atom is 0.372 e. The van der Waals surface area contributed by atoms with Crippen molar-refractivity contribution in [2.24, 2.45) is 5.73 Å². The van der Waals surface area contributed by atoms with Gasteiger partial charge in [-0.2, -0.15) is 0 Å². The van der Waals surface area contributed by atoms with Gasteiger partial charge >= 0.3 is 17.2 Å². The van der Waals surface area contributed by atoms with Gasteiger partial charge in [0.25, 0.3) is 0 Å². The Morgan fingerprint density at radius 2 is 1.65 bits per heavy atom. The van der Waals surface area contributed by atoms with Gasteiger partial charge in [-0.3, -0.25) is 9.59 Å². The SMILES string of the molecule is CC(N)=O.O=C(O)CCSC(=O)Oc1ccc(-c2ccc(F)cc2F)cc1C(=O)OCc1ccccc1. The molecule has 3 N–H and O–H groups in total. The first kappa shape index (κ1) is 29.0. The highest BCUT2D eigenvalue weighted by molar-refractivity contribution is 8.13. The summed E-state index contributed by atoms with van der Waals surface area (Å²) in [4.78, 5) is 44.7. The van der Waals surface area contributed by atoms with Crippen LogP contribution in [0.1, 0.15) is 29.3 Å². The third kappa shape index (κ3) is 10.1. The van der Waals surface area contributed by atoms with Crippen molar-refractivity contribution >= 4 is 34.9 Å². The van der Waals surface area contributed by atoms with Crippen LogP contribution in [0.5, 0.6) is 5.75 Å². The van der Waals surface area contributed by atoms with E-state index in [4.69, 9.17) is 14.6 Å². The highest BCUT2D eigenvalue weighted by atomic mass is 32.2. The minimum atomic E-state index is -1.06. The average Bonchev–Trinajstić information content (AvgIpc) is 2.83. The van der Waals surface area contributed by atoms with E-state index in [1.54, 1.807) is 24.3 Å². The van der Waals surface area contributed by atoms with Crippen molar-refractivity contribution in [3.63, 3.8) is 0 Å². The molecule has 0 bridgehead atoms. The van der Waals surface area contributed by atoms with Gasteiger partial charge in [-0.15, -0.1) is 0 Å². The van der Waals surface area contributed by atoms with Gasteiger partial charge < -0.3 is 20.3 Å². The third-order valence-electron chi connectivity index (χ3n) is 4.38. The molecule has 0 aliphatic rings. The number of primary amides is 1. The fourth-order valence-electron chi connectivity index (χ4n) is 2.81. The fraction of sp³-hybridized carbons (Fsp3) is 0.154. The van der Waals surface area contributed by atoms with Crippen LogP contribution in [-0.2, 0) is 20.9 Å². The van der Waals surface area contributed by atoms with Crippen molar-refractivity contribution in [3.8, 4) is 16.9 Å². The van der Waals surface area contributed by atoms with Gasteiger partial charge in [-0.1, -0.05) is 36.4 Å². The van der Waals surface area contributed by atoms with Gasteiger partial charge in [0.15, 0.2) is 0 Å². The molecular formula is C26H23F2NO7S. The molecular weight excluding hydrogens is 508 g/mol. The lowest BCUT2D eigenvalue weighted by molar-refractivity contribution is -0.136. The summed E-state index contributed by atoms with van der Waals surface area (Å²) in [6.07, 6.45) is -0.242. The molecule has 0 heterocycles. The summed E-state index contributed by atoms with van der Waals surface area (Å²) in [7, 11) is 0. The quantitative estimate of drug-likeness (QED) is 0.380. The standard InChI is InChI=1S/C24H18F2O6S.C2H5NO/c25-17-7-8-18(20(26)13-17)16-6-9-21(32-24(30)33-11-10-22(27)28)19(12-16)23(29)31-14-15-4-2-1-3-5-15;1-2(3)4/h1-9,12-13H,10-11,14H2,(H,27,28);1H3,(H2,3,4). The molecule has 0 aromatic heterocycles. The Morgan fingerprint density at radius 1 is 0.973 bits per heavy atom. The second-order valence-electron chi connectivity index (χ2n) is 7.35. The summed E-state index contributed by atoms with van der Waals surface area (Å²) in [6.45, 7) is 1.26. The number of benzene rings is 3. The zero-order chi connectivity index (χ0) is 27.4. The predicted molar refractivity (Wildman–Crippen MR) is 133 cm³/mol. The number of carboxylic acid groups (broad SMARTS) is 1.